The Bertz CT molecular complexity index is 903. The zero-order chi connectivity index (χ0) is 18.1. The van der Waals surface area contributed by atoms with Gasteiger partial charge >= 0.3 is 0 Å². The van der Waals surface area contributed by atoms with Crippen LogP contribution in [-0.2, 0) is 17.7 Å². The molecule has 10 heteroatoms. The van der Waals surface area contributed by atoms with Crippen molar-refractivity contribution in [2.45, 2.75) is 9.79 Å². The van der Waals surface area contributed by atoms with Gasteiger partial charge in [0.15, 0.2) is 0 Å². The van der Waals surface area contributed by atoms with Crippen molar-refractivity contribution in [3.8, 4) is 11.5 Å². The minimum atomic E-state index is -4.87. The zero-order valence-corrected chi connectivity index (χ0v) is 14.5. The Hall–Kier alpha value is -2.46. The number of nitrogen functional groups attached to an aromatic ring is 2. The number of benzene rings is 2. The first-order valence-corrected chi connectivity index (χ1v) is 10.0. The Labute approximate surface area is 139 Å². The summed E-state index contributed by atoms with van der Waals surface area (Å²) in [5, 5.41) is 0. The van der Waals surface area contributed by atoms with Gasteiger partial charge < -0.3 is 20.9 Å². The topological polar surface area (TPSA) is 139 Å². The monoisotopic (exact) mass is 372 g/mol. The fraction of sp³-hybridized carbons (Fsp3) is 0.143. The van der Waals surface area contributed by atoms with Crippen molar-refractivity contribution in [1.29, 1.82) is 0 Å². The lowest BCUT2D eigenvalue weighted by molar-refractivity contribution is 0.413. The molecule has 2 aromatic rings. The number of nitrogens with two attached hydrogens (primary N) is 2. The largest absolute Gasteiger partial charge is 0.497 e. The number of hydrogen-bond donors (Lipinski definition) is 2. The van der Waals surface area contributed by atoms with Gasteiger partial charge in [-0.05, 0) is 24.3 Å². The van der Waals surface area contributed by atoms with E-state index in [1.165, 1.54) is 38.5 Å². The van der Waals surface area contributed by atoms with Crippen molar-refractivity contribution in [2.75, 3.05) is 25.7 Å². The smallest absolute Gasteiger partial charge is 0.288 e. The summed E-state index contributed by atoms with van der Waals surface area (Å²) in [6.45, 7) is 0. The predicted octanol–water partition coefficient (Wildman–Crippen LogP) is 1.03. The first kappa shape index (κ1) is 17.9. The van der Waals surface area contributed by atoms with E-state index in [1.54, 1.807) is 0 Å². The van der Waals surface area contributed by atoms with Crippen molar-refractivity contribution in [1.82, 2.24) is 0 Å². The molecule has 0 heterocycles. The molecule has 8 nitrogen and oxygen atoms in total. The molecule has 0 aromatic heterocycles. The summed E-state index contributed by atoms with van der Waals surface area (Å²) in [5.74, 6) is 0.299. The highest BCUT2D eigenvalue weighted by molar-refractivity contribution is 8.67. The standard InChI is InChI=1S/C14H16N2O6S2/c1-21-9-3-5-11(15)13(7-9)23(17,18)24(19,20)14-8-10(22-2)4-6-12(14)16/h3-8H,15-16H2,1-2H3. The second kappa shape index (κ2) is 6.21. The lowest BCUT2D eigenvalue weighted by Gasteiger charge is -2.12. The third-order valence-corrected chi connectivity index (χ3v) is 8.44. The quantitative estimate of drug-likeness (QED) is 0.586. The van der Waals surface area contributed by atoms with Crippen molar-refractivity contribution >= 4 is 29.1 Å². The highest BCUT2D eigenvalue weighted by Crippen LogP contribution is 2.34. The van der Waals surface area contributed by atoms with Gasteiger partial charge in [-0.3, -0.25) is 0 Å². The van der Waals surface area contributed by atoms with Gasteiger partial charge in [-0.15, -0.1) is 0 Å². The van der Waals surface area contributed by atoms with Crippen LogP contribution in [0.25, 0.3) is 0 Å². The summed E-state index contributed by atoms with van der Waals surface area (Å²) in [6.07, 6.45) is 0. The molecule has 0 atom stereocenters. The molecular weight excluding hydrogens is 356 g/mol. The Morgan fingerprint density at radius 1 is 0.708 bits per heavy atom. The van der Waals surface area contributed by atoms with Crippen LogP contribution in [0.3, 0.4) is 0 Å². The molecular formula is C14H16N2O6S2. The van der Waals surface area contributed by atoms with Gasteiger partial charge in [0.25, 0.3) is 17.7 Å². The minimum Gasteiger partial charge on any atom is -0.497 e. The lowest BCUT2D eigenvalue weighted by atomic mass is 10.3. The molecule has 0 spiro atoms. The molecule has 2 aromatic carbocycles. The van der Waals surface area contributed by atoms with Crippen LogP contribution in [0.1, 0.15) is 0 Å². The number of anilines is 2. The number of rotatable bonds is 5. The fourth-order valence-corrected chi connectivity index (χ4v) is 5.94. The molecule has 2 rings (SSSR count). The van der Waals surface area contributed by atoms with E-state index in [4.69, 9.17) is 20.9 Å². The van der Waals surface area contributed by atoms with E-state index in [0.29, 0.717) is 0 Å². The summed E-state index contributed by atoms with van der Waals surface area (Å²) in [4.78, 5) is -1.16. The normalized spacial score (nSPS) is 11.9. The maximum Gasteiger partial charge on any atom is 0.288 e. The lowest BCUT2D eigenvalue weighted by Crippen LogP contribution is -2.19. The van der Waals surface area contributed by atoms with Gasteiger partial charge in [-0.2, -0.15) is 0 Å². The van der Waals surface area contributed by atoms with Crippen LogP contribution in [-0.4, -0.2) is 31.1 Å². The molecule has 0 bridgehead atoms. The fourth-order valence-electron chi connectivity index (χ4n) is 1.95. The van der Waals surface area contributed by atoms with E-state index in [2.05, 4.69) is 0 Å². The maximum atomic E-state index is 12.7. The molecule has 0 aliphatic rings. The summed E-state index contributed by atoms with van der Waals surface area (Å²) in [5.41, 5.74) is 10.8. The molecule has 0 fully saturated rings. The van der Waals surface area contributed by atoms with Crippen molar-refractivity contribution < 1.29 is 26.3 Å². The van der Waals surface area contributed by atoms with Gasteiger partial charge in [0, 0.05) is 12.1 Å². The van der Waals surface area contributed by atoms with Crippen LogP contribution in [0, 0.1) is 0 Å². The highest BCUT2D eigenvalue weighted by Gasteiger charge is 2.37. The zero-order valence-electron chi connectivity index (χ0n) is 12.9. The van der Waals surface area contributed by atoms with Gasteiger partial charge in [-0.1, -0.05) is 0 Å². The average molecular weight is 372 g/mol. The van der Waals surface area contributed by atoms with Gasteiger partial charge in [-0.25, -0.2) is 16.8 Å². The first-order chi connectivity index (χ1) is 11.1. The Kier molecular flexibility index (Phi) is 4.63. The molecule has 0 aliphatic heterocycles. The average Bonchev–Trinajstić information content (AvgIpc) is 2.55. The number of hydrogen-bond acceptors (Lipinski definition) is 8. The van der Waals surface area contributed by atoms with E-state index in [1.807, 2.05) is 0 Å². The summed E-state index contributed by atoms with van der Waals surface area (Å²) in [6, 6.07) is 7.41. The summed E-state index contributed by atoms with van der Waals surface area (Å²) < 4.78 is 60.5. The first-order valence-electron chi connectivity index (χ1n) is 6.52. The molecule has 0 unspecified atom stereocenters. The van der Waals surface area contributed by atoms with Gasteiger partial charge in [0.1, 0.15) is 21.3 Å². The molecule has 0 amide bonds. The molecule has 4 N–H and O–H groups in total. The van der Waals surface area contributed by atoms with Crippen LogP contribution in [0.4, 0.5) is 11.4 Å². The van der Waals surface area contributed by atoms with E-state index in [9.17, 15) is 16.8 Å². The summed E-state index contributed by atoms with van der Waals surface area (Å²) in [7, 11) is -7.11. The minimum absolute atomic E-state index is 0.150. The van der Waals surface area contributed by atoms with E-state index >= 15 is 0 Å². The Morgan fingerprint density at radius 2 is 1.04 bits per heavy atom. The van der Waals surface area contributed by atoms with Crippen LogP contribution >= 0.6 is 0 Å². The van der Waals surface area contributed by atoms with E-state index < -0.39 is 27.5 Å². The van der Waals surface area contributed by atoms with E-state index in [-0.39, 0.29) is 22.9 Å². The van der Waals surface area contributed by atoms with Crippen LogP contribution in [0.15, 0.2) is 46.2 Å². The van der Waals surface area contributed by atoms with Crippen LogP contribution in [0.5, 0.6) is 11.5 Å². The molecule has 0 saturated carbocycles. The van der Waals surface area contributed by atoms with Gasteiger partial charge in [0.2, 0.25) is 0 Å². The van der Waals surface area contributed by atoms with Crippen molar-refractivity contribution in [3.63, 3.8) is 0 Å². The number of ether oxygens (including phenoxy) is 2. The number of methoxy groups -OCH3 is 2. The summed E-state index contributed by atoms with van der Waals surface area (Å²) >= 11 is 0. The molecule has 130 valence electrons. The third-order valence-electron chi connectivity index (χ3n) is 3.27. The van der Waals surface area contributed by atoms with Crippen molar-refractivity contribution in [2.24, 2.45) is 0 Å². The second-order valence-corrected chi connectivity index (χ2v) is 10.0. The Balaban J connectivity index is 2.73. The van der Waals surface area contributed by atoms with E-state index in [0.717, 1.165) is 12.1 Å². The molecule has 0 saturated heterocycles. The highest BCUT2D eigenvalue weighted by atomic mass is 33.2. The molecule has 24 heavy (non-hydrogen) atoms. The van der Waals surface area contributed by atoms with Gasteiger partial charge in [0.05, 0.1) is 25.6 Å². The Morgan fingerprint density at radius 3 is 1.33 bits per heavy atom. The van der Waals surface area contributed by atoms with Crippen molar-refractivity contribution in [3.05, 3.63) is 36.4 Å². The van der Waals surface area contributed by atoms with Crippen LogP contribution < -0.4 is 20.9 Å². The SMILES string of the molecule is COc1ccc(N)c(S(=O)(=O)S(=O)(=O)c2cc(OC)ccc2N)c1. The third kappa shape index (κ3) is 2.85. The molecule has 0 radical (unpaired) electrons. The predicted molar refractivity (Wildman–Crippen MR) is 89.2 cm³/mol. The second-order valence-electron chi connectivity index (χ2n) is 4.72. The molecule has 0 aliphatic carbocycles. The maximum absolute atomic E-state index is 12.7. The van der Waals surface area contributed by atoms with Crippen LogP contribution in [0.2, 0.25) is 0 Å².